The molecular formula is C24H25ClN2O4. The molecule has 1 amide bonds. The molecule has 0 aliphatic heterocycles. The highest BCUT2D eigenvalue weighted by molar-refractivity contribution is 6.32. The SMILES string of the molecule is COc1ccc(-c2ccc(C=NNC(=O)COc3ccc(C(C)(C)C)cc3)o2)cc1Cl. The van der Waals surface area contributed by atoms with Crippen molar-refractivity contribution in [3.8, 4) is 22.8 Å². The lowest BCUT2D eigenvalue weighted by atomic mass is 9.87. The van der Waals surface area contributed by atoms with E-state index in [0.717, 1.165) is 5.56 Å². The fourth-order valence-electron chi connectivity index (χ4n) is 2.80. The molecule has 1 heterocycles. The number of hydrogen-bond acceptors (Lipinski definition) is 5. The molecule has 2 aromatic carbocycles. The van der Waals surface area contributed by atoms with Crippen LogP contribution < -0.4 is 14.9 Å². The molecule has 0 saturated heterocycles. The Hall–Kier alpha value is -3.25. The summed E-state index contributed by atoms with van der Waals surface area (Å²) in [6, 6.07) is 16.6. The largest absolute Gasteiger partial charge is 0.495 e. The summed E-state index contributed by atoms with van der Waals surface area (Å²) in [6.45, 7) is 6.28. The van der Waals surface area contributed by atoms with E-state index in [9.17, 15) is 4.79 Å². The summed E-state index contributed by atoms with van der Waals surface area (Å²) < 4.78 is 16.4. The van der Waals surface area contributed by atoms with Crippen molar-refractivity contribution < 1.29 is 18.7 Å². The lowest BCUT2D eigenvalue weighted by molar-refractivity contribution is -0.123. The maximum atomic E-state index is 12.0. The number of ether oxygens (including phenoxy) is 2. The minimum Gasteiger partial charge on any atom is -0.495 e. The minimum atomic E-state index is -0.370. The molecule has 3 aromatic rings. The summed E-state index contributed by atoms with van der Waals surface area (Å²) in [5.74, 6) is 1.96. The second kappa shape index (κ2) is 9.71. The van der Waals surface area contributed by atoms with Crippen LogP contribution >= 0.6 is 11.6 Å². The zero-order chi connectivity index (χ0) is 22.4. The quantitative estimate of drug-likeness (QED) is 0.392. The van der Waals surface area contributed by atoms with Crippen LogP contribution in [0.2, 0.25) is 5.02 Å². The maximum absolute atomic E-state index is 12.0. The Morgan fingerprint density at radius 3 is 2.52 bits per heavy atom. The highest BCUT2D eigenvalue weighted by Crippen LogP contribution is 2.30. The molecule has 0 bridgehead atoms. The number of nitrogens with zero attached hydrogens (tertiary/aromatic N) is 1. The number of hydrogen-bond donors (Lipinski definition) is 1. The molecular weight excluding hydrogens is 416 g/mol. The van der Waals surface area contributed by atoms with E-state index >= 15 is 0 Å². The van der Waals surface area contributed by atoms with E-state index in [1.807, 2.05) is 30.3 Å². The molecule has 1 aromatic heterocycles. The number of furan rings is 1. The van der Waals surface area contributed by atoms with Gasteiger partial charge in [-0.25, -0.2) is 5.43 Å². The topological polar surface area (TPSA) is 73.1 Å². The van der Waals surface area contributed by atoms with Gasteiger partial charge in [-0.3, -0.25) is 4.79 Å². The Bertz CT molecular complexity index is 1070. The van der Waals surface area contributed by atoms with E-state index < -0.39 is 0 Å². The first-order chi connectivity index (χ1) is 14.8. The Labute approximate surface area is 186 Å². The second-order valence-electron chi connectivity index (χ2n) is 7.91. The standard InChI is InChI=1S/C24H25ClN2O4/c1-24(2,3)17-6-8-18(9-7-17)30-15-23(28)27-26-14-19-10-12-21(31-19)16-5-11-22(29-4)20(25)13-16/h5-14H,15H2,1-4H3,(H,27,28). The Kier molecular flexibility index (Phi) is 7.02. The number of amides is 1. The van der Waals surface area contributed by atoms with Crippen molar-refractivity contribution in [1.29, 1.82) is 0 Å². The minimum absolute atomic E-state index is 0.0654. The zero-order valence-electron chi connectivity index (χ0n) is 17.9. The fraction of sp³-hybridized carbons (Fsp3) is 0.250. The van der Waals surface area contributed by atoms with E-state index in [1.165, 1.54) is 11.8 Å². The molecule has 0 unspecified atom stereocenters. The Morgan fingerprint density at radius 2 is 1.87 bits per heavy atom. The van der Waals surface area contributed by atoms with Crippen molar-refractivity contribution >= 4 is 23.7 Å². The summed E-state index contributed by atoms with van der Waals surface area (Å²) in [4.78, 5) is 12.0. The van der Waals surface area contributed by atoms with Gasteiger partial charge in [0, 0.05) is 5.56 Å². The van der Waals surface area contributed by atoms with Crippen LogP contribution in [0.25, 0.3) is 11.3 Å². The molecule has 0 aliphatic rings. The number of methoxy groups -OCH3 is 1. The highest BCUT2D eigenvalue weighted by atomic mass is 35.5. The van der Waals surface area contributed by atoms with Crippen LogP contribution in [0.15, 0.2) is 64.1 Å². The molecule has 3 rings (SSSR count). The average Bonchev–Trinajstić information content (AvgIpc) is 3.21. The number of rotatable bonds is 7. The number of nitrogens with one attached hydrogen (secondary N) is 1. The molecule has 0 fully saturated rings. The molecule has 0 atom stereocenters. The molecule has 0 aliphatic carbocycles. The third-order valence-electron chi connectivity index (χ3n) is 4.53. The smallest absolute Gasteiger partial charge is 0.277 e. The summed E-state index contributed by atoms with van der Waals surface area (Å²) in [5, 5.41) is 4.40. The van der Waals surface area contributed by atoms with Gasteiger partial charge in [0.05, 0.1) is 18.3 Å². The molecule has 7 heteroatoms. The molecule has 0 saturated carbocycles. The van der Waals surface area contributed by atoms with Gasteiger partial charge in [0.1, 0.15) is 23.0 Å². The van der Waals surface area contributed by atoms with Crippen molar-refractivity contribution in [2.75, 3.05) is 13.7 Å². The lowest BCUT2D eigenvalue weighted by Gasteiger charge is -2.19. The van der Waals surface area contributed by atoms with Crippen LogP contribution in [0.3, 0.4) is 0 Å². The van der Waals surface area contributed by atoms with Gasteiger partial charge >= 0.3 is 0 Å². The predicted molar refractivity (Wildman–Crippen MR) is 122 cm³/mol. The van der Waals surface area contributed by atoms with E-state index in [-0.39, 0.29) is 17.9 Å². The van der Waals surface area contributed by atoms with Crippen molar-refractivity contribution in [2.24, 2.45) is 5.10 Å². The van der Waals surface area contributed by atoms with Gasteiger partial charge in [0.2, 0.25) is 0 Å². The third-order valence-corrected chi connectivity index (χ3v) is 4.83. The highest BCUT2D eigenvalue weighted by Gasteiger charge is 2.13. The first-order valence-corrected chi connectivity index (χ1v) is 10.1. The molecule has 31 heavy (non-hydrogen) atoms. The Balaban J connectivity index is 1.50. The normalized spacial score (nSPS) is 11.5. The summed E-state index contributed by atoms with van der Waals surface area (Å²) >= 11 is 6.15. The number of benzene rings is 2. The number of hydrazone groups is 1. The predicted octanol–water partition coefficient (Wildman–Crippen LogP) is 5.44. The van der Waals surface area contributed by atoms with Crippen LogP contribution in [0.5, 0.6) is 11.5 Å². The number of halogens is 1. The van der Waals surface area contributed by atoms with Gasteiger partial charge in [0.25, 0.3) is 5.91 Å². The van der Waals surface area contributed by atoms with Crippen molar-refractivity contribution in [3.63, 3.8) is 0 Å². The van der Waals surface area contributed by atoms with Crippen LogP contribution in [0.4, 0.5) is 0 Å². The van der Waals surface area contributed by atoms with Gasteiger partial charge in [0.15, 0.2) is 6.61 Å². The lowest BCUT2D eigenvalue weighted by Crippen LogP contribution is -2.24. The zero-order valence-corrected chi connectivity index (χ0v) is 18.7. The van der Waals surface area contributed by atoms with Crippen LogP contribution in [-0.4, -0.2) is 25.8 Å². The monoisotopic (exact) mass is 440 g/mol. The fourth-order valence-corrected chi connectivity index (χ4v) is 3.05. The molecule has 1 N–H and O–H groups in total. The Morgan fingerprint density at radius 1 is 1.13 bits per heavy atom. The summed E-state index contributed by atoms with van der Waals surface area (Å²) in [6.07, 6.45) is 1.42. The van der Waals surface area contributed by atoms with Gasteiger partial charge in [-0.1, -0.05) is 44.5 Å². The number of carbonyl (C=O) groups is 1. The molecule has 162 valence electrons. The van der Waals surface area contributed by atoms with Gasteiger partial charge in [-0.05, 0) is 53.4 Å². The molecule has 0 radical (unpaired) electrons. The van der Waals surface area contributed by atoms with Crippen LogP contribution in [0.1, 0.15) is 32.1 Å². The summed E-state index contributed by atoms with van der Waals surface area (Å²) in [5.41, 5.74) is 4.49. The van der Waals surface area contributed by atoms with Gasteiger partial charge in [-0.2, -0.15) is 5.10 Å². The molecule has 6 nitrogen and oxygen atoms in total. The number of carbonyl (C=O) groups excluding carboxylic acids is 1. The van der Waals surface area contributed by atoms with Gasteiger partial charge < -0.3 is 13.9 Å². The molecule has 0 spiro atoms. The van der Waals surface area contributed by atoms with Crippen molar-refractivity contribution in [3.05, 3.63) is 70.9 Å². The second-order valence-corrected chi connectivity index (χ2v) is 8.31. The van der Waals surface area contributed by atoms with Crippen LogP contribution in [-0.2, 0) is 10.2 Å². The summed E-state index contributed by atoms with van der Waals surface area (Å²) in [7, 11) is 1.56. The first-order valence-electron chi connectivity index (χ1n) is 9.75. The third kappa shape index (κ3) is 6.12. The van der Waals surface area contributed by atoms with Gasteiger partial charge in [-0.15, -0.1) is 0 Å². The van der Waals surface area contributed by atoms with E-state index in [0.29, 0.717) is 28.0 Å². The van der Waals surface area contributed by atoms with Crippen LogP contribution in [0, 0.1) is 0 Å². The van der Waals surface area contributed by atoms with E-state index in [1.54, 1.807) is 31.4 Å². The first kappa shape index (κ1) is 22.4. The van der Waals surface area contributed by atoms with Crippen molar-refractivity contribution in [1.82, 2.24) is 5.43 Å². The average molecular weight is 441 g/mol. The van der Waals surface area contributed by atoms with E-state index in [4.69, 9.17) is 25.5 Å². The van der Waals surface area contributed by atoms with E-state index in [2.05, 4.69) is 31.3 Å². The maximum Gasteiger partial charge on any atom is 0.277 e. The van der Waals surface area contributed by atoms with Crippen molar-refractivity contribution in [2.45, 2.75) is 26.2 Å².